The highest BCUT2D eigenvalue weighted by Crippen LogP contribution is 2.11. The summed E-state index contributed by atoms with van der Waals surface area (Å²) in [6, 6.07) is 15.8. The van der Waals surface area contributed by atoms with Crippen molar-refractivity contribution in [1.29, 1.82) is 0 Å². The highest BCUT2D eigenvalue weighted by molar-refractivity contribution is 6.30. The summed E-state index contributed by atoms with van der Waals surface area (Å²) in [7, 11) is 0. The van der Waals surface area contributed by atoms with Gasteiger partial charge in [-0.25, -0.2) is 4.79 Å². The van der Waals surface area contributed by atoms with Crippen LogP contribution in [-0.2, 0) is 16.0 Å². The lowest BCUT2D eigenvalue weighted by atomic mass is 10.1. The molecule has 0 aliphatic heterocycles. The van der Waals surface area contributed by atoms with Crippen LogP contribution in [0.25, 0.3) is 0 Å². The molecule has 2 aromatic rings. The third-order valence-corrected chi connectivity index (χ3v) is 3.00. The van der Waals surface area contributed by atoms with Crippen molar-refractivity contribution >= 4 is 23.5 Å². The molecule has 2 aromatic carbocycles. The quantitative estimate of drug-likeness (QED) is 0.637. The summed E-state index contributed by atoms with van der Waals surface area (Å²) in [5.41, 5.74) is 1.34. The van der Waals surface area contributed by atoms with Gasteiger partial charge in [0.2, 0.25) is 0 Å². The molecule has 4 heteroatoms. The summed E-state index contributed by atoms with van der Waals surface area (Å²) in [5.74, 6) is -1.19. The van der Waals surface area contributed by atoms with E-state index >= 15 is 0 Å². The first-order chi connectivity index (χ1) is 9.65. The van der Waals surface area contributed by atoms with Gasteiger partial charge in [0.05, 0.1) is 12.0 Å². The number of hydrogen-bond acceptors (Lipinski definition) is 3. The molecule has 0 spiro atoms. The van der Waals surface area contributed by atoms with Crippen molar-refractivity contribution in [1.82, 2.24) is 0 Å². The molecule has 0 atom stereocenters. The van der Waals surface area contributed by atoms with Gasteiger partial charge in [-0.3, -0.25) is 4.79 Å². The van der Waals surface area contributed by atoms with E-state index in [1.807, 2.05) is 30.3 Å². The van der Waals surface area contributed by atoms with E-state index in [0.29, 0.717) is 17.0 Å². The van der Waals surface area contributed by atoms with Crippen molar-refractivity contribution in [3.05, 3.63) is 70.7 Å². The van der Waals surface area contributed by atoms with Gasteiger partial charge in [0.25, 0.3) is 0 Å². The maximum absolute atomic E-state index is 11.7. The summed E-state index contributed by atoms with van der Waals surface area (Å²) >= 11 is 5.72. The van der Waals surface area contributed by atoms with Crippen LogP contribution in [0, 0.1) is 0 Å². The van der Waals surface area contributed by atoms with E-state index in [1.165, 1.54) is 12.1 Å². The summed E-state index contributed by atoms with van der Waals surface area (Å²) in [4.78, 5) is 23.3. The fourth-order valence-corrected chi connectivity index (χ4v) is 1.82. The average molecular weight is 289 g/mol. The second kappa shape index (κ2) is 6.87. The molecule has 2 rings (SSSR count). The molecule has 0 unspecified atom stereocenters. The molecule has 0 fully saturated rings. The van der Waals surface area contributed by atoms with Crippen molar-refractivity contribution in [2.45, 2.75) is 12.8 Å². The van der Waals surface area contributed by atoms with E-state index in [4.69, 9.17) is 16.3 Å². The number of carbonyl (C=O) groups is 2. The highest BCUT2D eigenvalue weighted by Gasteiger charge is 2.12. The predicted octanol–water partition coefficient (Wildman–Crippen LogP) is 3.66. The molecule has 0 amide bonds. The number of carbonyl (C=O) groups excluding carboxylic acids is 2. The molecular weight excluding hydrogens is 276 g/mol. The first-order valence-electron chi connectivity index (χ1n) is 6.19. The maximum Gasteiger partial charge on any atom is 0.345 e. The van der Waals surface area contributed by atoms with Gasteiger partial charge in [-0.05, 0) is 36.2 Å². The van der Waals surface area contributed by atoms with Gasteiger partial charge < -0.3 is 4.74 Å². The number of ether oxygens (including phenoxy) is 1. The van der Waals surface area contributed by atoms with Crippen LogP contribution in [0.4, 0.5) is 0 Å². The van der Waals surface area contributed by atoms with Crippen LogP contribution in [0.15, 0.2) is 54.6 Å². The van der Waals surface area contributed by atoms with Gasteiger partial charge in [0.15, 0.2) is 0 Å². The zero-order valence-corrected chi connectivity index (χ0v) is 11.5. The molecule has 0 saturated carbocycles. The molecule has 0 heterocycles. The molecule has 0 aliphatic rings. The minimum Gasteiger partial charge on any atom is -0.389 e. The molecule has 0 aromatic heterocycles. The Bertz CT molecular complexity index is 591. The van der Waals surface area contributed by atoms with Crippen LogP contribution in [0.2, 0.25) is 5.02 Å². The Morgan fingerprint density at radius 2 is 1.60 bits per heavy atom. The van der Waals surface area contributed by atoms with Crippen molar-refractivity contribution in [2.24, 2.45) is 0 Å². The largest absolute Gasteiger partial charge is 0.389 e. The lowest BCUT2D eigenvalue weighted by Crippen LogP contribution is -2.13. The number of hydrogen-bond donors (Lipinski definition) is 0. The van der Waals surface area contributed by atoms with E-state index in [0.717, 1.165) is 5.56 Å². The molecule has 0 saturated heterocycles. The lowest BCUT2D eigenvalue weighted by molar-refractivity contribution is -0.137. The van der Waals surface area contributed by atoms with Gasteiger partial charge >= 0.3 is 11.9 Å². The van der Waals surface area contributed by atoms with Crippen LogP contribution < -0.4 is 0 Å². The van der Waals surface area contributed by atoms with Crippen LogP contribution in [0.1, 0.15) is 22.3 Å². The van der Waals surface area contributed by atoms with Crippen LogP contribution >= 0.6 is 11.6 Å². The Morgan fingerprint density at radius 1 is 0.950 bits per heavy atom. The topological polar surface area (TPSA) is 43.4 Å². The highest BCUT2D eigenvalue weighted by atomic mass is 35.5. The first-order valence-corrected chi connectivity index (χ1v) is 6.57. The summed E-state index contributed by atoms with van der Waals surface area (Å²) < 4.78 is 4.78. The smallest absolute Gasteiger partial charge is 0.345 e. The minimum absolute atomic E-state index is 0.170. The van der Waals surface area contributed by atoms with Crippen LogP contribution in [0.5, 0.6) is 0 Å². The third-order valence-electron chi connectivity index (χ3n) is 2.75. The molecule has 0 bridgehead atoms. The maximum atomic E-state index is 11.7. The Balaban J connectivity index is 1.85. The number of esters is 2. The zero-order chi connectivity index (χ0) is 14.4. The molecule has 3 nitrogen and oxygen atoms in total. The number of benzene rings is 2. The summed E-state index contributed by atoms with van der Waals surface area (Å²) in [6.07, 6.45) is 0.719. The Labute approximate surface area is 122 Å². The average Bonchev–Trinajstić information content (AvgIpc) is 2.47. The van der Waals surface area contributed by atoms with Gasteiger partial charge in [0, 0.05) is 5.02 Å². The van der Waals surface area contributed by atoms with Gasteiger partial charge in [-0.1, -0.05) is 41.9 Å². The summed E-state index contributed by atoms with van der Waals surface area (Å²) in [6.45, 7) is 0. The van der Waals surface area contributed by atoms with Gasteiger partial charge in [-0.15, -0.1) is 0 Å². The lowest BCUT2D eigenvalue weighted by Gasteiger charge is -2.03. The van der Waals surface area contributed by atoms with Gasteiger partial charge in [-0.2, -0.15) is 0 Å². The molecule has 20 heavy (non-hydrogen) atoms. The number of halogens is 1. The molecule has 0 aliphatic carbocycles. The molecule has 102 valence electrons. The zero-order valence-electron chi connectivity index (χ0n) is 10.7. The minimum atomic E-state index is -0.653. The standard InChI is InChI=1S/C16H13ClO3/c17-14-9-7-13(8-10-14)16(19)20-15(18)11-6-12-4-2-1-3-5-12/h1-5,7-10H,6,11H2. The van der Waals surface area contributed by atoms with Crippen molar-refractivity contribution in [2.75, 3.05) is 0 Å². The van der Waals surface area contributed by atoms with E-state index < -0.39 is 11.9 Å². The Hall–Kier alpha value is -2.13. The second-order valence-corrected chi connectivity index (χ2v) is 4.69. The molecule has 0 N–H and O–H groups in total. The summed E-state index contributed by atoms with van der Waals surface area (Å²) in [5, 5.41) is 0.525. The van der Waals surface area contributed by atoms with Crippen LogP contribution in [0.3, 0.4) is 0 Å². The first kappa shape index (κ1) is 14.3. The van der Waals surface area contributed by atoms with Crippen LogP contribution in [-0.4, -0.2) is 11.9 Å². The Morgan fingerprint density at radius 3 is 2.25 bits per heavy atom. The molecule has 0 radical (unpaired) electrons. The number of aryl methyl sites for hydroxylation is 1. The fraction of sp³-hybridized carbons (Fsp3) is 0.125. The Kier molecular flexibility index (Phi) is 4.91. The van der Waals surface area contributed by atoms with E-state index in [-0.39, 0.29) is 6.42 Å². The van der Waals surface area contributed by atoms with Gasteiger partial charge in [0.1, 0.15) is 0 Å². The second-order valence-electron chi connectivity index (χ2n) is 4.25. The monoisotopic (exact) mass is 288 g/mol. The number of rotatable bonds is 4. The fourth-order valence-electron chi connectivity index (χ4n) is 1.69. The van der Waals surface area contributed by atoms with Crippen molar-refractivity contribution < 1.29 is 14.3 Å². The SMILES string of the molecule is O=C(CCc1ccccc1)OC(=O)c1ccc(Cl)cc1. The molecular formula is C16H13ClO3. The predicted molar refractivity (Wildman–Crippen MR) is 76.6 cm³/mol. The van der Waals surface area contributed by atoms with E-state index in [9.17, 15) is 9.59 Å². The third kappa shape index (κ3) is 4.21. The van der Waals surface area contributed by atoms with E-state index in [2.05, 4.69) is 0 Å². The van der Waals surface area contributed by atoms with Crippen molar-refractivity contribution in [3.8, 4) is 0 Å². The normalized spacial score (nSPS) is 10.1. The van der Waals surface area contributed by atoms with Crippen molar-refractivity contribution in [3.63, 3.8) is 0 Å². The van der Waals surface area contributed by atoms with E-state index in [1.54, 1.807) is 12.1 Å².